The summed E-state index contributed by atoms with van der Waals surface area (Å²) in [4.78, 5) is 9.64. The third-order valence-corrected chi connectivity index (χ3v) is 20.4. The largest absolute Gasteiger partial charge is 0.311 e. The molecule has 15 rings (SSSR count). The Hall–Kier alpha value is -12.5. The number of rotatable bonds is 18. The minimum Gasteiger partial charge on any atom is -0.311 e. The minimum absolute atomic E-state index is 0.0325. The first-order valence-electron chi connectivity index (χ1n) is 37.0. The summed E-state index contributed by atoms with van der Waals surface area (Å²) >= 11 is 0. The van der Waals surface area contributed by atoms with Crippen LogP contribution < -0.4 is 19.6 Å². The first kappa shape index (κ1) is 69.2. The van der Waals surface area contributed by atoms with E-state index in [-0.39, 0.29) is 16.2 Å². The molecule has 0 aliphatic carbocycles. The lowest BCUT2D eigenvalue weighted by molar-refractivity contribution is 0.590. The lowest BCUT2D eigenvalue weighted by Gasteiger charge is -2.33. The van der Waals surface area contributed by atoms with E-state index in [0.717, 1.165) is 135 Å². The summed E-state index contributed by atoms with van der Waals surface area (Å²) in [6.45, 7) is 20.6. The summed E-state index contributed by atoms with van der Waals surface area (Å²) in [6.07, 6.45) is 0. The number of hydrogen-bond donors (Lipinski definition) is 0. The van der Waals surface area contributed by atoms with Gasteiger partial charge in [0.2, 0.25) is 0 Å². The van der Waals surface area contributed by atoms with Gasteiger partial charge < -0.3 is 19.6 Å². The number of benzene rings is 15. The molecule has 0 saturated carbocycles. The molecular formula is C102H90N4. The van der Waals surface area contributed by atoms with Crippen molar-refractivity contribution < 1.29 is 0 Å². The lowest BCUT2D eigenvalue weighted by atomic mass is 9.85. The maximum atomic E-state index is 2.61. The highest BCUT2D eigenvalue weighted by Crippen LogP contribution is 2.52. The third kappa shape index (κ3) is 14.9. The van der Waals surface area contributed by atoms with Crippen molar-refractivity contribution in [2.75, 3.05) is 19.6 Å². The van der Waals surface area contributed by atoms with Crippen LogP contribution in [0.5, 0.6) is 0 Å². The van der Waals surface area contributed by atoms with Gasteiger partial charge >= 0.3 is 0 Å². The van der Waals surface area contributed by atoms with E-state index in [9.17, 15) is 0 Å². The molecule has 0 N–H and O–H groups in total. The average molecular weight is 1370 g/mol. The van der Waals surface area contributed by atoms with Crippen LogP contribution in [0.3, 0.4) is 0 Å². The monoisotopic (exact) mass is 1370 g/mol. The van der Waals surface area contributed by atoms with Crippen LogP contribution in [0.25, 0.3) is 66.8 Å². The van der Waals surface area contributed by atoms with Crippen LogP contribution in [-0.2, 0) is 16.2 Å². The Labute approximate surface area is 628 Å². The van der Waals surface area contributed by atoms with E-state index in [1.54, 1.807) is 0 Å². The van der Waals surface area contributed by atoms with Gasteiger partial charge in [-0.2, -0.15) is 0 Å². The second kappa shape index (κ2) is 29.7. The van der Waals surface area contributed by atoms with Gasteiger partial charge in [0.25, 0.3) is 0 Å². The highest BCUT2D eigenvalue weighted by Gasteiger charge is 2.28. The van der Waals surface area contributed by atoms with E-state index in [4.69, 9.17) is 0 Å². The van der Waals surface area contributed by atoms with Gasteiger partial charge in [-0.25, -0.2) is 0 Å². The smallest absolute Gasteiger partial charge is 0.0546 e. The topological polar surface area (TPSA) is 13.0 Å². The maximum absolute atomic E-state index is 2.61. The zero-order valence-corrected chi connectivity index (χ0v) is 62.2. The molecule has 0 aliphatic rings. The Kier molecular flexibility index (Phi) is 19.4. The first-order valence-corrected chi connectivity index (χ1v) is 37.0. The molecule has 518 valence electrons. The van der Waals surface area contributed by atoms with Crippen molar-refractivity contribution in [2.45, 2.75) is 78.6 Å². The average Bonchev–Trinajstić information content (AvgIpc) is 0.739. The van der Waals surface area contributed by atoms with Crippen molar-refractivity contribution in [2.24, 2.45) is 0 Å². The van der Waals surface area contributed by atoms with Gasteiger partial charge in [-0.3, -0.25) is 0 Å². The van der Waals surface area contributed by atoms with Gasteiger partial charge in [-0.1, -0.05) is 317 Å². The Balaban J connectivity index is 1.03. The molecule has 0 heterocycles. The molecule has 0 unspecified atom stereocenters. The van der Waals surface area contributed by atoms with Crippen LogP contribution in [0.15, 0.2) is 382 Å². The normalized spacial score (nSPS) is 11.6. The molecule has 15 aromatic carbocycles. The van der Waals surface area contributed by atoms with Crippen LogP contribution in [-0.4, -0.2) is 0 Å². The Morgan fingerprint density at radius 2 is 0.321 bits per heavy atom. The molecule has 0 saturated heterocycles. The third-order valence-electron chi connectivity index (χ3n) is 20.4. The van der Waals surface area contributed by atoms with Crippen LogP contribution in [0, 0.1) is 0 Å². The summed E-state index contributed by atoms with van der Waals surface area (Å²) in [6, 6.07) is 141. The van der Waals surface area contributed by atoms with Crippen LogP contribution in [0.4, 0.5) is 68.2 Å². The zero-order chi connectivity index (χ0) is 72.9. The molecule has 0 amide bonds. The number of hydrogen-bond acceptors (Lipinski definition) is 4. The fourth-order valence-electron chi connectivity index (χ4n) is 14.5. The molecule has 0 bridgehead atoms. The van der Waals surface area contributed by atoms with E-state index < -0.39 is 0 Å². The predicted octanol–water partition coefficient (Wildman–Crippen LogP) is 29.5. The van der Waals surface area contributed by atoms with E-state index in [2.05, 4.69) is 464 Å². The van der Waals surface area contributed by atoms with Crippen molar-refractivity contribution in [3.63, 3.8) is 0 Å². The fourth-order valence-corrected chi connectivity index (χ4v) is 14.5. The molecule has 0 radical (unpaired) electrons. The zero-order valence-electron chi connectivity index (χ0n) is 62.2. The number of para-hydroxylation sites is 6. The second-order valence-electron chi connectivity index (χ2n) is 30.7. The molecule has 0 atom stereocenters. The van der Waals surface area contributed by atoms with Gasteiger partial charge in [-0.05, 0) is 210 Å². The van der Waals surface area contributed by atoms with Gasteiger partial charge in [0.15, 0.2) is 0 Å². The Bertz CT molecular complexity index is 4760. The van der Waals surface area contributed by atoms with Gasteiger partial charge in [-0.15, -0.1) is 0 Å². The van der Waals surface area contributed by atoms with Crippen LogP contribution in [0.1, 0.15) is 79.0 Å². The van der Waals surface area contributed by atoms with Gasteiger partial charge in [0.05, 0.1) is 17.1 Å². The van der Waals surface area contributed by atoms with Gasteiger partial charge in [0.1, 0.15) is 0 Å². The molecule has 0 aliphatic heterocycles. The SMILES string of the molecule is CC(C)(C)c1ccc(-c2ccc(-c3ccc(N(c4ccccc4)c4ccccc4)cc3)c(N(c3cc(-c4ccc(C(C)(C)C)cc4)ccc3-c3ccc(N(c4ccccc4)c4ccccc4)cc3)c3cc(-c4ccc(C(C)(C)C)cc4)ccc3-c3ccc(N(c4ccccc4)c4ccccc4)cc3)c2)cc1. The second-order valence-corrected chi connectivity index (χ2v) is 30.7. The van der Waals surface area contributed by atoms with E-state index in [1.807, 2.05) is 0 Å². The van der Waals surface area contributed by atoms with E-state index >= 15 is 0 Å². The molecule has 15 aromatic rings. The molecule has 4 nitrogen and oxygen atoms in total. The summed E-state index contributed by atoms with van der Waals surface area (Å²) in [5.41, 5.74) is 29.6. The van der Waals surface area contributed by atoms with Gasteiger partial charge in [0, 0.05) is 67.9 Å². The molecule has 4 heteroatoms. The molecular weight excluding hydrogens is 1280 g/mol. The fraction of sp³-hybridized carbons (Fsp3) is 0.118. The number of anilines is 12. The van der Waals surface area contributed by atoms with Crippen molar-refractivity contribution in [1.82, 2.24) is 0 Å². The van der Waals surface area contributed by atoms with Crippen molar-refractivity contribution >= 4 is 68.2 Å². The standard InChI is InChI=1S/C102H90N4/c1-100(2,3)82-55-40-73(41-56-82)79-52-67-94(76-46-61-91(62-47-76)103(85-28-16-10-17-29-85)86-30-18-11-19-31-86)97(70-79)106(98-71-80(74-42-57-83(58-43-74)101(4,5)6)53-68-95(98)77-48-63-92(64-49-77)104(87-32-20-12-21-33-87)88-34-22-13-23-35-88)99-72-81(75-44-59-84(60-45-75)102(7,8)9)54-69-96(99)78-50-65-93(66-51-78)105(89-36-24-14-25-37-89)90-38-26-15-27-39-90/h10-72H,1-9H3. The summed E-state index contributed by atoms with van der Waals surface area (Å²) in [7, 11) is 0. The molecule has 106 heavy (non-hydrogen) atoms. The van der Waals surface area contributed by atoms with E-state index in [1.165, 1.54) is 16.7 Å². The Morgan fingerprint density at radius 1 is 0.151 bits per heavy atom. The highest BCUT2D eigenvalue weighted by molar-refractivity contribution is 6.01. The number of nitrogens with zero attached hydrogens (tertiary/aromatic N) is 4. The summed E-state index contributed by atoms with van der Waals surface area (Å²) < 4.78 is 0. The van der Waals surface area contributed by atoms with Crippen molar-refractivity contribution in [1.29, 1.82) is 0 Å². The summed E-state index contributed by atoms with van der Waals surface area (Å²) in [5, 5.41) is 0. The van der Waals surface area contributed by atoms with Crippen molar-refractivity contribution in [3.05, 3.63) is 399 Å². The maximum Gasteiger partial charge on any atom is 0.0546 e. The highest BCUT2D eigenvalue weighted by atomic mass is 15.2. The summed E-state index contributed by atoms with van der Waals surface area (Å²) in [5.74, 6) is 0. The first-order chi connectivity index (χ1) is 51.5. The quantitative estimate of drug-likeness (QED) is 0.0849. The Morgan fingerprint density at radius 3 is 0.509 bits per heavy atom. The predicted molar refractivity (Wildman–Crippen MR) is 454 cm³/mol. The van der Waals surface area contributed by atoms with Crippen molar-refractivity contribution in [3.8, 4) is 66.8 Å². The van der Waals surface area contributed by atoms with Crippen LogP contribution in [0.2, 0.25) is 0 Å². The lowest BCUT2D eigenvalue weighted by Crippen LogP contribution is -2.15. The molecule has 0 aromatic heterocycles. The molecule has 0 spiro atoms. The minimum atomic E-state index is -0.0325. The van der Waals surface area contributed by atoms with E-state index in [0.29, 0.717) is 0 Å². The van der Waals surface area contributed by atoms with Crippen LogP contribution >= 0.6 is 0 Å². The molecule has 0 fully saturated rings.